The third-order valence-corrected chi connectivity index (χ3v) is 6.93. The minimum absolute atomic E-state index is 0.260. The van der Waals surface area contributed by atoms with Gasteiger partial charge in [0.25, 0.3) is 0 Å². The predicted octanol–water partition coefficient (Wildman–Crippen LogP) is 1.65. The Morgan fingerprint density at radius 1 is 1.24 bits per heavy atom. The summed E-state index contributed by atoms with van der Waals surface area (Å²) in [7, 11) is 0. The maximum absolute atomic E-state index is 12.8. The zero-order valence-corrected chi connectivity index (χ0v) is 12.7. The quantitative estimate of drug-likeness (QED) is 0.351. The van der Waals surface area contributed by atoms with Crippen molar-refractivity contribution in [3.8, 4) is 0 Å². The van der Waals surface area contributed by atoms with Crippen molar-refractivity contribution < 1.29 is 10.0 Å². The van der Waals surface area contributed by atoms with Gasteiger partial charge in [-0.25, -0.2) is 0 Å². The monoisotopic (exact) mass is 291 g/mol. The van der Waals surface area contributed by atoms with Crippen LogP contribution in [0.15, 0.2) is 5.16 Å². The van der Waals surface area contributed by atoms with Crippen LogP contribution >= 0.6 is 0 Å². The van der Waals surface area contributed by atoms with Crippen molar-refractivity contribution in [2.45, 2.75) is 39.0 Å². The number of amidine groups is 1. The number of carbonyl (C=O) groups excluding carboxylic acids is 1. The first-order valence-electron chi connectivity index (χ1n) is 8.32. The van der Waals surface area contributed by atoms with Crippen molar-refractivity contribution in [3.63, 3.8) is 0 Å². The molecule has 4 aliphatic rings. The largest absolute Gasteiger partial charge is 0.409 e. The first-order chi connectivity index (χ1) is 10.0. The molecule has 5 heteroatoms. The minimum atomic E-state index is -0.260. The third kappa shape index (κ3) is 1.82. The van der Waals surface area contributed by atoms with Gasteiger partial charge in [-0.05, 0) is 55.8 Å². The van der Waals surface area contributed by atoms with E-state index in [1.54, 1.807) is 0 Å². The van der Waals surface area contributed by atoms with Crippen LogP contribution in [-0.2, 0) is 4.79 Å². The van der Waals surface area contributed by atoms with Crippen molar-refractivity contribution in [1.82, 2.24) is 4.90 Å². The molecule has 4 fully saturated rings. The molecule has 116 valence electrons. The van der Waals surface area contributed by atoms with Crippen LogP contribution in [-0.4, -0.2) is 34.9 Å². The molecule has 1 amide bonds. The van der Waals surface area contributed by atoms with Crippen molar-refractivity contribution in [2.24, 2.45) is 45.9 Å². The van der Waals surface area contributed by atoms with E-state index in [4.69, 9.17) is 10.9 Å². The Labute approximate surface area is 125 Å². The minimum Gasteiger partial charge on any atom is -0.409 e. The van der Waals surface area contributed by atoms with E-state index in [0.29, 0.717) is 29.5 Å². The lowest BCUT2D eigenvalue weighted by Gasteiger charge is -2.38. The number of hydrogen-bond donors (Lipinski definition) is 2. The highest BCUT2D eigenvalue weighted by molar-refractivity contribution is 5.87. The zero-order valence-electron chi connectivity index (χ0n) is 12.7. The maximum atomic E-state index is 12.8. The van der Waals surface area contributed by atoms with Gasteiger partial charge in [0.05, 0.1) is 0 Å². The van der Waals surface area contributed by atoms with Gasteiger partial charge in [-0.15, -0.1) is 0 Å². The summed E-state index contributed by atoms with van der Waals surface area (Å²) in [6, 6.07) is 0. The maximum Gasteiger partial charge on any atom is 0.226 e. The van der Waals surface area contributed by atoms with E-state index < -0.39 is 0 Å². The lowest BCUT2D eigenvalue weighted by molar-refractivity contribution is -0.135. The summed E-state index contributed by atoms with van der Waals surface area (Å²) in [6.07, 6.45) is 5.70. The molecule has 0 radical (unpaired) electrons. The SMILES string of the molecule is CC1(C(N)=NO)CCN(C(=O)C2C3C4CCC(C4)C23)CC1. The van der Waals surface area contributed by atoms with Crippen molar-refractivity contribution in [1.29, 1.82) is 0 Å². The second-order valence-corrected chi connectivity index (χ2v) is 7.88. The summed E-state index contributed by atoms with van der Waals surface area (Å²) in [4.78, 5) is 14.8. The van der Waals surface area contributed by atoms with E-state index in [2.05, 4.69) is 5.16 Å². The number of piperidine rings is 1. The first kappa shape index (κ1) is 13.4. The number of carbonyl (C=O) groups is 1. The van der Waals surface area contributed by atoms with Crippen LogP contribution in [0, 0.1) is 35.0 Å². The van der Waals surface area contributed by atoms with Crippen LogP contribution in [0.25, 0.3) is 0 Å². The lowest BCUT2D eigenvalue weighted by atomic mass is 9.79. The fourth-order valence-electron chi connectivity index (χ4n) is 5.46. The number of amides is 1. The standard InChI is InChI=1S/C16H25N3O2/c1-16(15(17)18-21)4-6-19(7-5-16)14(20)13-11-9-2-3-10(8-9)12(11)13/h9-13,21H,2-8H2,1H3,(H2,17,18). The molecule has 3 N–H and O–H groups in total. The zero-order chi connectivity index (χ0) is 14.8. The smallest absolute Gasteiger partial charge is 0.226 e. The van der Waals surface area contributed by atoms with Gasteiger partial charge in [-0.1, -0.05) is 12.1 Å². The van der Waals surface area contributed by atoms with Crippen molar-refractivity contribution >= 4 is 11.7 Å². The van der Waals surface area contributed by atoms with Gasteiger partial charge in [0, 0.05) is 24.4 Å². The van der Waals surface area contributed by atoms with E-state index >= 15 is 0 Å². The Morgan fingerprint density at radius 3 is 2.33 bits per heavy atom. The van der Waals surface area contributed by atoms with Crippen LogP contribution < -0.4 is 5.73 Å². The van der Waals surface area contributed by atoms with E-state index in [9.17, 15) is 4.79 Å². The van der Waals surface area contributed by atoms with Crippen LogP contribution in [0.4, 0.5) is 0 Å². The summed E-state index contributed by atoms with van der Waals surface area (Å²) in [6.45, 7) is 3.52. The molecule has 2 bridgehead atoms. The van der Waals surface area contributed by atoms with Crippen molar-refractivity contribution in [3.05, 3.63) is 0 Å². The van der Waals surface area contributed by atoms with E-state index in [0.717, 1.165) is 37.8 Å². The molecule has 0 spiro atoms. The molecule has 1 aliphatic heterocycles. The summed E-state index contributed by atoms with van der Waals surface area (Å²) in [5, 5.41) is 12.0. The Hall–Kier alpha value is -1.26. The Bertz CT molecular complexity index is 480. The number of fused-ring (bicyclic) bond motifs is 5. The molecule has 4 unspecified atom stereocenters. The number of hydrogen-bond acceptors (Lipinski definition) is 3. The second kappa shape index (κ2) is 4.37. The van der Waals surface area contributed by atoms with Gasteiger partial charge in [-0.2, -0.15) is 0 Å². The topological polar surface area (TPSA) is 78.9 Å². The molecule has 4 rings (SSSR count). The fourth-order valence-corrected chi connectivity index (χ4v) is 5.46. The summed E-state index contributed by atoms with van der Waals surface area (Å²) in [5.74, 6) is 4.16. The molecule has 1 heterocycles. The van der Waals surface area contributed by atoms with Crippen LogP contribution in [0.2, 0.25) is 0 Å². The second-order valence-electron chi connectivity index (χ2n) is 7.88. The molecule has 5 nitrogen and oxygen atoms in total. The molecule has 21 heavy (non-hydrogen) atoms. The molecular formula is C16H25N3O2. The lowest BCUT2D eigenvalue weighted by Crippen LogP contribution is -2.48. The molecule has 3 aliphatic carbocycles. The Balaban J connectivity index is 1.38. The van der Waals surface area contributed by atoms with Crippen molar-refractivity contribution in [2.75, 3.05) is 13.1 Å². The fraction of sp³-hybridized carbons (Fsp3) is 0.875. The number of oxime groups is 1. The van der Waals surface area contributed by atoms with Gasteiger partial charge < -0.3 is 15.8 Å². The number of likely N-dealkylation sites (tertiary alicyclic amines) is 1. The first-order valence-corrected chi connectivity index (χ1v) is 8.32. The predicted molar refractivity (Wildman–Crippen MR) is 78.6 cm³/mol. The molecule has 0 aromatic carbocycles. The highest BCUT2D eigenvalue weighted by Crippen LogP contribution is 2.69. The highest BCUT2D eigenvalue weighted by atomic mass is 16.4. The number of nitrogens with zero attached hydrogens (tertiary/aromatic N) is 2. The average Bonchev–Trinajstić information content (AvgIpc) is 2.93. The van der Waals surface area contributed by atoms with Crippen LogP contribution in [0.1, 0.15) is 39.0 Å². The van der Waals surface area contributed by atoms with E-state index in [-0.39, 0.29) is 5.41 Å². The van der Waals surface area contributed by atoms with E-state index in [1.807, 2.05) is 11.8 Å². The van der Waals surface area contributed by atoms with Crippen LogP contribution in [0.3, 0.4) is 0 Å². The van der Waals surface area contributed by atoms with E-state index in [1.165, 1.54) is 19.3 Å². The molecule has 3 saturated carbocycles. The molecule has 4 atom stereocenters. The highest BCUT2D eigenvalue weighted by Gasteiger charge is 2.68. The van der Waals surface area contributed by atoms with Gasteiger partial charge in [0.1, 0.15) is 5.84 Å². The van der Waals surface area contributed by atoms with Gasteiger partial charge >= 0.3 is 0 Å². The molecule has 1 saturated heterocycles. The molecular weight excluding hydrogens is 266 g/mol. The normalized spacial score (nSPS) is 43.8. The Morgan fingerprint density at radius 2 is 1.81 bits per heavy atom. The van der Waals surface area contributed by atoms with Crippen LogP contribution in [0.5, 0.6) is 0 Å². The summed E-state index contributed by atoms with van der Waals surface area (Å²) < 4.78 is 0. The molecule has 0 aromatic heterocycles. The molecule has 0 aromatic rings. The van der Waals surface area contributed by atoms with Gasteiger partial charge in [-0.3, -0.25) is 4.79 Å². The number of rotatable bonds is 2. The summed E-state index contributed by atoms with van der Waals surface area (Å²) >= 11 is 0. The van der Waals surface area contributed by atoms with Gasteiger partial charge in [0.2, 0.25) is 5.91 Å². The summed E-state index contributed by atoms with van der Waals surface area (Å²) in [5.41, 5.74) is 5.53. The Kier molecular flexibility index (Phi) is 2.79. The number of nitrogens with two attached hydrogens (primary N) is 1. The van der Waals surface area contributed by atoms with Gasteiger partial charge in [0.15, 0.2) is 0 Å². The third-order valence-electron chi connectivity index (χ3n) is 6.93. The average molecular weight is 291 g/mol.